The van der Waals surface area contributed by atoms with E-state index in [2.05, 4.69) is 104 Å². The Labute approximate surface area is 300 Å². The second kappa shape index (κ2) is 19.5. The van der Waals surface area contributed by atoms with Gasteiger partial charge in [0, 0.05) is 17.2 Å². The minimum atomic E-state index is -1.59. The molecule has 0 saturated carbocycles. The van der Waals surface area contributed by atoms with E-state index in [0.29, 0.717) is 42.3 Å². The van der Waals surface area contributed by atoms with E-state index in [0.717, 1.165) is 42.4 Å². The van der Waals surface area contributed by atoms with Crippen LogP contribution >= 0.6 is 0 Å². The van der Waals surface area contributed by atoms with Crippen LogP contribution in [0.2, 0.25) is 0 Å². The maximum Gasteiger partial charge on any atom is 0.137 e. The highest BCUT2D eigenvalue weighted by Crippen LogP contribution is 2.45. The fraction of sp³-hybridized carbons (Fsp3) is 0.600. The summed E-state index contributed by atoms with van der Waals surface area (Å²) in [4.78, 5) is 0. The van der Waals surface area contributed by atoms with Crippen molar-refractivity contribution in [1.82, 2.24) is 0 Å². The van der Waals surface area contributed by atoms with Gasteiger partial charge in [0.2, 0.25) is 0 Å². The number of hydrogen-bond donors (Lipinski definition) is 2. The number of unbranched alkanes of at least 4 members (excludes halogenated alkanes) is 10. The van der Waals surface area contributed by atoms with Gasteiger partial charge in [0.05, 0.1) is 13.2 Å². The molecule has 0 heterocycles. The summed E-state index contributed by atoms with van der Waals surface area (Å²) in [5, 5.41) is 13.5. The summed E-state index contributed by atoms with van der Waals surface area (Å²) in [6, 6.07) is 22.3. The number of benzene rings is 3. The van der Waals surface area contributed by atoms with Crippen molar-refractivity contribution < 1.29 is 14.6 Å². The first-order valence-electron chi connectivity index (χ1n) is 19.4. The second-order valence-corrected chi connectivity index (χ2v) is 16.2. The van der Waals surface area contributed by atoms with Gasteiger partial charge < -0.3 is 20.3 Å². The second-order valence-electron chi connectivity index (χ2n) is 16.2. The van der Waals surface area contributed by atoms with Gasteiger partial charge in [0.25, 0.3) is 0 Å². The van der Waals surface area contributed by atoms with Gasteiger partial charge in [-0.15, -0.1) is 0 Å². The maximum atomic E-state index is 13.5. The first-order valence-corrected chi connectivity index (χ1v) is 19.4. The third kappa shape index (κ3) is 12.2. The minimum Gasteiger partial charge on any atom is -0.493 e. The van der Waals surface area contributed by atoms with Gasteiger partial charge in [-0.2, -0.15) is 0 Å². The molecule has 0 aromatic heterocycles. The van der Waals surface area contributed by atoms with Crippen molar-refractivity contribution in [1.29, 1.82) is 0 Å². The van der Waals surface area contributed by atoms with Crippen LogP contribution in [0.25, 0.3) is 0 Å². The lowest BCUT2D eigenvalue weighted by molar-refractivity contribution is 0.0449. The van der Waals surface area contributed by atoms with Crippen molar-refractivity contribution in [2.75, 3.05) is 13.2 Å². The van der Waals surface area contributed by atoms with Crippen molar-refractivity contribution in [2.45, 2.75) is 161 Å². The zero-order valence-corrected chi connectivity index (χ0v) is 32.4. The largest absolute Gasteiger partial charge is 0.493 e. The molecule has 272 valence electrons. The number of nitrogens with two attached hydrogens (primary N) is 1. The molecule has 0 fully saturated rings. The Hall–Kier alpha value is -2.82. The average Bonchev–Trinajstić information content (AvgIpc) is 3.06. The van der Waals surface area contributed by atoms with E-state index in [9.17, 15) is 5.11 Å². The average molecular weight is 672 g/mol. The summed E-state index contributed by atoms with van der Waals surface area (Å²) in [5.74, 6) is 1.38. The summed E-state index contributed by atoms with van der Waals surface area (Å²) in [7, 11) is 0. The molecule has 3 rings (SSSR count). The number of hydrogen-bond acceptors (Lipinski definition) is 4. The van der Waals surface area contributed by atoms with E-state index in [1.807, 2.05) is 18.2 Å². The molecule has 1 unspecified atom stereocenters. The normalized spacial score (nSPS) is 13.0. The maximum absolute atomic E-state index is 13.5. The van der Waals surface area contributed by atoms with Crippen LogP contribution in [0.4, 0.5) is 0 Å². The fourth-order valence-corrected chi connectivity index (χ4v) is 6.53. The van der Waals surface area contributed by atoms with E-state index >= 15 is 0 Å². The Balaban J connectivity index is 2.16. The molecule has 4 heteroatoms. The van der Waals surface area contributed by atoms with Crippen LogP contribution in [0.5, 0.6) is 11.5 Å². The van der Waals surface area contributed by atoms with Gasteiger partial charge in [-0.25, -0.2) is 0 Å². The van der Waals surface area contributed by atoms with Gasteiger partial charge in [0.1, 0.15) is 17.1 Å². The Morgan fingerprint density at radius 3 is 1.39 bits per heavy atom. The van der Waals surface area contributed by atoms with Crippen molar-refractivity contribution in [3.05, 3.63) is 94.5 Å². The van der Waals surface area contributed by atoms with Crippen LogP contribution in [0.3, 0.4) is 0 Å². The Morgan fingerprint density at radius 1 is 0.571 bits per heavy atom. The molecule has 0 spiro atoms. The summed E-state index contributed by atoms with van der Waals surface area (Å²) in [6.07, 6.45) is 14.7. The van der Waals surface area contributed by atoms with Crippen molar-refractivity contribution in [2.24, 2.45) is 5.73 Å². The van der Waals surface area contributed by atoms with Crippen LogP contribution in [-0.4, -0.2) is 24.4 Å². The monoisotopic (exact) mass is 672 g/mol. The highest BCUT2D eigenvalue weighted by molar-refractivity contribution is 5.55. The van der Waals surface area contributed by atoms with Crippen LogP contribution in [0, 0.1) is 0 Å². The Morgan fingerprint density at radius 2 is 0.980 bits per heavy atom. The summed E-state index contributed by atoms with van der Waals surface area (Å²) < 4.78 is 13.2. The van der Waals surface area contributed by atoms with Crippen molar-refractivity contribution in [3.8, 4) is 11.5 Å². The van der Waals surface area contributed by atoms with Crippen LogP contribution in [0.1, 0.15) is 160 Å². The molecular weight excluding hydrogens is 602 g/mol. The molecule has 3 aromatic rings. The molecule has 1 atom stereocenters. The number of ether oxygens (including phenoxy) is 2. The zero-order valence-electron chi connectivity index (χ0n) is 32.4. The molecule has 0 amide bonds. The highest BCUT2D eigenvalue weighted by Gasteiger charge is 2.44. The quantitative estimate of drug-likeness (QED) is 0.111. The Bertz CT molecular complexity index is 1290. The van der Waals surface area contributed by atoms with Crippen LogP contribution < -0.4 is 15.2 Å². The minimum absolute atomic E-state index is 0.138. The fourth-order valence-electron chi connectivity index (χ4n) is 6.53. The van der Waals surface area contributed by atoms with Crippen LogP contribution in [-0.2, 0) is 22.9 Å². The molecular formula is C45H69NO3. The van der Waals surface area contributed by atoms with Gasteiger partial charge in [-0.3, -0.25) is 0 Å². The standard InChI is InChI=1S/C45H69NO3/c1-9-11-13-15-17-22-30-48-40-28-26-36(43(3,4)5)33-38(40)45(47,42(46)32-35-24-20-19-21-25-35)39-34-37(44(6,7)8)27-29-41(39)49-31-23-18-16-14-12-10-2/h19-21,24-29,33-34,42,47H,9-18,22-23,30-32,46H2,1-8H3. The number of aliphatic hydroxyl groups is 1. The smallest absolute Gasteiger partial charge is 0.137 e. The molecule has 4 nitrogen and oxygen atoms in total. The SMILES string of the molecule is CCCCCCCCOc1ccc(C(C)(C)C)cc1C(O)(c1cc(C(C)(C)C)ccc1OCCCCCCCC)C(N)Cc1ccccc1. The van der Waals surface area contributed by atoms with Crippen molar-refractivity contribution >= 4 is 0 Å². The lowest BCUT2D eigenvalue weighted by Crippen LogP contribution is -2.48. The predicted molar refractivity (Wildman–Crippen MR) is 209 cm³/mol. The first kappa shape index (κ1) is 40.6. The molecule has 49 heavy (non-hydrogen) atoms. The van der Waals surface area contributed by atoms with E-state index in [4.69, 9.17) is 15.2 Å². The molecule has 0 radical (unpaired) electrons. The van der Waals surface area contributed by atoms with Gasteiger partial charge in [-0.05, 0) is 71.0 Å². The lowest BCUT2D eigenvalue weighted by atomic mass is 9.73. The molecule has 0 bridgehead atoms. The third-order valence-electron chi connectivity index (χ3n) is 9.86. The first-order chi connectivity index (χ1) is 23.3. The van der Waals surface area contributed by atoms with Gasteiger partial charge >= 0.3 is 0 Å². The Kier molecular flexibility index (Phi) is 16.2. The van der Waals surface area contributed by atoms with E-state index in [-0.39, 0.29) is 10.8 Å². The van der Waals surface area contributed by atoms with E-state index < -0.39 is 11.6 Å². The van der Waals surface area contributed by atoms with Crippen LogP contribution in [0.15, 0.2) is 66.7 Å². The summed E-state index contributed by atoms with van der Waals surface area (Å²) >= 11 is 0. The highest BCUT2D eigenvalue weighted by atomic mass is 16.5. The van der Waals surface area contributed by atoms with Crippen molar-refractivity contribution in [3.63, 3.8) is 0 Å². The number of rotatable bonds is 21. The van der Waals surface area contributed by atoms with Gasteiger partial charge in [-0.1, -0.05) is 162 Å². The molecule has 3 aromatic carbocycles. The lowest BCUT2D eigenvalue weighted by Gasteiger charge is -2.39. The molecule has 0 saturated heterocycles. The summed E-state index contributed by atoms with van der Waals surface area (Å²) in [5.41, 5.74) is 10.2. The molecule has 0 aliphatic rings. The zero-order chi connectivity index (χ0) is 35.9. The van der Waals surface area contributed by atoms with Gasteiger partial charge in [0.15, 0.2) is 0 Å². The molecule has 0 aliphatic carbocycles. The topological polar surface area (TPSA) is 64.7 Å². The van der Waals surface area contributed by atoms with E-state index in [1.54, 1.807) is 0 Å². The third-order valence-corrected chi connectivity index (χ3v) is 9.86. The van der Waals surface area contributed by atoms with E-state index in [1.165, 1.54) is 51.4 Å². The molecule has 3 N–H and O–H groups in total. The molecule has 0 aliphatic heterocycles. The summed E-state index contributed by atoms with van der Waals surface area (Å²) in [6.45, 7) is 18.9. The predicted octanol–water partition coefficient (Wildman–Crippen LogP) is 11.6.